The number of carbonyl (C=O) groups is 2. The molecule has 0 aliphatic carbocycles. The van der Waals surface area contributed by atoms with Gasteiger partial charge in [-0.2, -0.15) is 0 Å². The number of para-hydroxylation sites is 2. The summed E-state index contributed by atoms with van der Waals surface area (Å²) in [5, 5.41) is 0. The van der Waals surface area contributed by atoms with Gasteiger partial charge in [0, 0.05) is 13.1 Å². The van der Waals surface area contributed by atoms with E-state index >= 15 is 0 Å². The normalized spacial score (nSPS) is 17.5. The maximum absolute atomic E-state index is 11.3. The number of fused-ring (bicyclic) bond motifs is 1. The van der Waals surface area contributed by atoms with Gasteiger partial charge in [-0.25, -0.2) is 9.98 Å². The van der Waals surface area contributed by atoms with Crippen molar-refractivity contribution in [3.05, 3.63) is 30.5 Å². The standard InChI is InChI=1S/C15H13N3O4/c1-15(21-13(19)8-14(20)22-15)6-7-16-12-9-17-10-4-2-3-5-11(10)18-12/h2-5,7,9H,6,8H2,1H3. The molecule has 3 rings (SSSR count). The second kappa shape index (κ2) is 5.51. The molecular formula is C15H13N3O4. The maximum atomic E-state index is 11.3. The largest absolute Gasteiger partial charge is 0.422 e. The Kier molecular flexibility index (Phi) is 3.54. The minimum Gasteiger partial charge on any atom is -0.422 e. The number of hydrogen-bond donors (Lipinski definition) is 0. The predicted octanol–water partition coefficient (Wildman–Crippen LogP) is 1.93. The molecule has 0 atom stereocenters. The highest BCUT2D eigenvalue weighted by molar-refractivity contribution is 5.93. The zero-order valence-corrected chi connectivity index (χ0v) is 11.9. The monoisotopic (exact) mass is 299 g/mol. The number of benzene rings is 1. The van der Waals surface area contributed by atoms with Crippen molar-refractivity contribution >= 4 is 35.0 Å². The third kappa shape index (κ3) is 3.08. The van der Waals surface area contributed by atoms with E-state index in [1.54, 1.807) is 6.20 Å². The number of nitrogens with zero attached hydrogens (tertiary/aromatic N) is 3. The first-order chi connectivity index (χ1) is 10.5. The molecule has 2 heterocycles. The highest BCUT2D eigenvalue weighted by atomic mass is 16.7. The van der Waals surface area contributed by atoms with Gasteiger partial charge in [0.25, 0.3) is 5.79 Å². The highest BCUT2D eigenvalue weighted by Gasteiger charge is 2.38. The number of aliphatic imine (C=N–C) groups is 1. The van der Waals surface area contributed by atoms with Gasteiger partial charge in [0.05, 0.1) is 23.7 Å². The van der Waals surface area contributed by atoms with Gasteiger partial charge in [0.1, 0.15) is 6.42 Å². The number of cyclic esters (lactones) is 2. The molecule has 22 heavy (non-hydrogen) atoms. The van der Waals surface area contributed by atoms with E-state index in [4.69, 9.17) is 9.47 Å². The molecule has 1 saturated heterocycles. The van der Waals surface area contributed by atoms with E-state index < -0.39 is 17.7 Å². The molecule has 0 bridgehead atoms. The zero-order valence-electron chi connectivity index (χ0n) is 11.9. The van der Waals surface area contributed by atoms with Crippen LogP contribution in [0.5, 0.6) is 0 Å². The van der Waals surface area contributed by atoms with Gasteiger partial charge in [-0.3, -0.25) is 14.6 Å². The molecule has 112 valence electrons. The fourth-order valence-corrected chi connectivity index (χ4v) is 2.09. The number of rotatable bonds is 3. The van der Waals surface area contributed by atoms with Crippen LogP contribution in [0.25, 0.3) is 11.0 Å². The summed E-state index contributed by atoms with van der Waals surface area (Å²) in [6.45, 7) is 1.51. The molecule has 2 aromatic rings. The van der Waals surface area contributed by atoms with Crippen LogP contribution in [0.1, 0.15) is 19.8 Å². The molecule has 0 radical (unpaired) electrons. The smallest absolute Gasteiger partial charge is 0.320 e. The molecule has 0 amide bonds. The van der Waals surface area contributed by atoms with E-state index in [0.29, 0.717) is 5.82 Å². The molecule has 1 aliphatic rings. The van der Waals surface area contributed by atoms with E-state index in [0.717, 1.165) is 11.0 Å². The van der Waals surface area contributed by atoms with Gasteiger partial charge in [0.15, 0.2) is 5.82 Å². The average Bonchev–Trinajstić information content (AvgIpc) is 2.45. The Morgan fingerprint density at radius 1 is 1.23 bits per heavy atom. The average molecular weight is 299 g/mol. The number of esters is 2. The van der Waals surface area contributed by atoms with Crippen LogP contribution in [-0.2, 0) is 19.1 Å². The van der Waals surface area contributed by atoms with Crippen LogP contribution < -0.4 is 0 Å². The van der Waals surface area contributed by atoms with Gasteiger partial charge >= 0.3 is 11.9 Å². The van der Waals surface area contributed by atoms with E-state index in [2.05, 4.69) is 15.0 Å². The second-order valence-electron chi connectivity index (χ2n) is 4.99. The fourth-order valence-electron chi connectivity index (χ4n) is 2.09. The van der Waals surface area contributed by atoms with Crippen molar-refractivity contribution in [1.29, 1.82) is 0 Å². The number of aromatic nitrogens is 2. The maximum Gasteiger partial charge on any atom is 0.320 e. The van der Waals surface area contributed by atoms with E-state index in [1.807, 2.05) is 24.3 Å². The van der Waals surface area contributed by atoms with E-state index in [9.17, 15) is 9.59 Å². The van der Waals surface area contributed by atoms with Crippen LogP contribution in [-0.4, -0.2) is 33.9 Å². The summed E-state index contributed by atoms with van der Waals surface area (Å²) >= 11 is 0. The van der Waals surface area contributed by atoms with Crippen molar-refractivity contribution in [3.8, 4) is 0 Å². The molecule has 7 heteroatoms. The van der Waals surface area contributed by atoms with Crippen LogP contribution >= 0.6 is 0 Å². The molecular weight excluding hydrogens is 286 g/mol. The lowest BCUT2D eigenvalue weighted by Crippen LogP contribution is -2.42. The van der Waals surface area contributed by atoms with Crippen molar-refractivity contribution in [3.63, 3.8) is 0 Å². The van der Waals surface area contributed by atoms with Gasteiger partial charge < -0.3 is 9.47 Å². The molecule has 7 nitrogen and oxygen atoms in total. The summed E-state index contributed by atoms with van der Waals surface area (Å²) in [7, 11) is 0. The van der Waals surface area contributed by atoms with Crippen molar-refractivity contribution < 1.29 is 19.1 Å². The summed E-state index contributed by atoms with van der Waals surface area (Å²) in [6, 6.07) is 7.45. The Morgan fingerprint density at radius 3 is 2.64 bits per heavy atom. The molecule has 1 aromatic carbocycles. The quantitative estimate of drug-likeness (QED) is 0.488. The van der Waals surface area contributed by atoms with Crippen molar-refractivity contribution in [2.75, 3.05) is 0 Å². The lowest BCUT2D eigenvalue weighted by molar-refractivity contribution is -0.234. The van der Waals surface area contributed by atoms with Crippen LogP contribution in [0.15, 0.2) is 35.5 Å². The Labute approximate surface area is 126 Å². The molecule has 1 aliphatic heterocycles. The summed E-state index contributed by atoms with van der Waals surface area (Å²) in [6.07, 6.45) is 2.81. The molecule has 1 fully saturated rings. The second-order valence-corrected chi connectivity index (χ2v) is 4.99. The summed E-state index contributed by atoms with van der Waals surface area (Å²) in [5.74, 6) is -2.09. The Hall–Kier alpha value is -2.83. The third-order valence-electron chi connectivity index (χ3n) is 3.07. The number of carbonyl (C=O) groups excluding carboxylic acids is 2. The molecule has 1 aromatic heterocycles. The van der Waals surface area contributed by atoms with Crippen LogP contribution in [0, 0.1) is 0 Å². The molecule has 0 unspecified atom stereocenters. The Bertz CT molecular complexity index is 756. The van der Waals surface area contributed by atoms with Crippen LogP contribution in [0.3, 0.4) is 0 Å². The summed E-state index contributed by atoms with van der Waals surface area (Å²) < 4.78 is 10.1. The lowest BCUT2D eigenvalue weighted by Gasteiger charge is -2.31. The summed E-state index contributed by atoms with van der Waals surface area (Å²) in [4.78, 5) is 35.3. The lowest BCUT2D eigenvalue weighted by atomic mass is 10.2. The fraction of sp³-hybridized carbons (Fsp3) is 0.267. The minimum atomic E-state index is -1.32. The minimum absolute atomic E-state index is 0.138. The number of ether oxygens (including phenoxy) is 2. The summed E-state index contributed by atoms with van der Waals surface area (Å²) in [5.41, 5.74) is 1.52. The predicted molar refractivity (Wildman–Crippen MR) is 77.5 cm³/mol. The highest BCUT2D eigenvalue weighted by Crippen LogP contribution is 2.23. The first-order valence-electron chi connectivity index (χ1n) is 6.72. The van der Waals surface area contributed by atoms with Crippen LogP contribution in [0.4, 0.5) is 5.82 Å². The zero-order chi connectivity index (χ0) is 15.6. The third-order valence-corrected chi connectivity index (χ3v) is 3.07. The van der Waals surface area contributed by atoms with Crippen molar-refractivity contribution in [2.45, 2.75) is 25.6 Å². The first-order valence-corrected chi connectivity index (χ1v) is 6.72. The van der Waals surface area contributed by atoms with E-state index in [1.165, 1.54) is 13.1 Å². The van der Waals surface area contributed by atoms with Crippen LogP contribution in [0.2, 0.25) is 0 Å². The van der Waals surface area contributed by atoms with Crippen molar-refractivity contribution in [2.24, 2.45) is 4.99 Å². The molecule has 0 spiro atoms. The SMILES string of the molecule is CC1(CC=Nc2cnc3ccccc3n2)OC(=O)CC(=O)O1. The number of hydrogen-bond acceptors (Lipinski definition) is 7. The Balaban J connectivity index is 1.72. The molecule has 0 saturated carbocycles. The van der Waals surface area contributed by atoms with Crippen molar-refractivity contribution in [1.82, 2.24) is 9.97 Å². The Morgan fingerprint density at radius 2 is 1.91 bits per heavy atom. The first kappa shape index (κ1) is 14.1. The van der Waals surface area contributed by atoms with E-state index in [-0.39, 0.29) is 12.8 Å². The van der Waals surface area contributed by atoms with Gasteiger partial charge in [-0.1, -0.05) is 12.1 Å². The van der Waals surface area contributed by atoms with Gasteiger partial charge in [-0.05, 0) is 12.1 Å². The topological polar surface area (TPSA) is 90.7 Å². The van der Waals surface area contributed by atoms with Gasteiger partial charge in [0.2, 0.25) is 0 Å². The molecule has 0 N–H and O–H groups in total. The van der Waals surface area contributed by atoms with Gasteiger partial charge in [-0.15, -0.1) is 0 Å².